The van der Waals surface area contributed by atoms with Gasteiger partial charge in [0.1, 0.15) is 0 Å². The highest BCUT2D eigenvalue weighted by Crippen LogP contribution is 2.12. The molecule has 0 unspecified atom stereocenters. The number of hydrogen-bond donors (Lipinski definition) is 1. The Labute approximate surface area is 91.5 Å². The maximum atomic E-state index is 11.6. The molecule has 0 saturated carbocycles. The van der Waals surface area contributed by atoms with Crippen molar-refractivity contribution in [1.29, 1.82) is 0 Å². The summed E-state index contributed by atoms with van der Waals surface area (Å²) < 4.78 is 6.20. The van der Waals surface area contributed by atoms with Crippen molar-refractivity contribution in [2.45, 2.75) is 26.0 Å². The molecule has 86 valence electrons. The molecule has 0 spiro atoms. The van der Waals surface area contributed by atoms with Gasteiger partial charge in [-0.1, -0.05) is 0 Å². The summed E-state index contributed by atoms with van der Waals surface area (Å²) in [6.07, 6.45) is 0.613. The Balaban J connectivity index is 2.47. The topological polar surface area (TPSA) is 81.4 Å². The highest BCUT2D eigenvalue weighted by Gasteiger charge is 2.19. The average molecular weight is 224 g/mol. The van der Waals surface area contributed by atoms with Crippen molar-refractivity contribution in [2.75, 3.05) is 6.61 Å². The van der Waals surface area contributed by atoms with Crippen LogP contribution in [0.4, 0.5) is 0 Å². The molecule has 1 N–H and O–H groups in total. The summed E-state index contributed by atoms with van der Waals surface area (Å²) in [4.78, 5) is 22.4. The van der Waals surface area contributed by atoms with Crippen LogP contribution in [0.25, 0.3) is 0 Å². The molecule has 0 fully saturated rings. The van der Waals surface area contributed by atoms with E-state index < -0.39 is 17.6 Å². The van der Waals surface area contributed by atoms with E-state index in [-0.39, 0.29) is 0 Å². The van der Waals surface area contributed by atoms with Crippen LogP contribution in [0.1, 0.15) is 24.2 Å². The predicted molar refractivity (Wildman–Crippen MR) is 54.2 cm³/mol. The third-order valence-corrected chi connectivity index (χ3v) is 2.59. The van der Waals surface area contributed by atoms with Crippen LogP contribution in [0.3, 0.4) is 0 Å². The second-order valence-electron chi connectivity index (χ2n) is 3.72. The van der Waals surface area contributed by atoms with Gasteiger partial charge < -0.3 is 9.84 Å². The third kappa shape index (κ3) is 1.83. The quantitative estimate of drug-likeness (QED) is 0.762. The molecule has 1 atom stereocenters. The largest absolute Gasteiger partial charge is 0.480 e. The van der Waals surface area contributed by atoms with Gasteiger partial charge >= 0.3 is 5.97 Å². The molecular weight excluding hydrogens is 212 g/mol. The summed E-state index contributed by atoms with van der Waals surface area (Å²) in [5, 5.41) is 12.9. The number of carboxylic acids is 1. The molecule has 0 saturated heterocycles. The van der Waals surface area contributed by atoms with Crippen LogP contribution < -0.4 is 5.56 Å². The Morgan fingerprint density at radius 3 is 3.12 bits per heavy atom. The van der Waals surface area contributed by atoms with Crippen LogP contribution >= 0.6 is 0 Å². The zero-order valence-corrected chi connectivity index (χ0v) is 8.84. The fourth-order valence-corrected chi connectivity index (χ4v) is 1.61. The first kappa shape index (κ1) is 10.8. The lowest BCUT2D eigenvalue weighted by molar-refractivity contribution is -0.140. The van der Waals surface area contributed by atoms with Crippen LogP contribution in [0.2, 0.25) is 0 Å². The number of fused-ring (bicyclic) bond motifs is 1. The molecular formula is C10H12N2O4. The molecule has 0 radical (unpaired) electrons. The van der Waals surface area contributed by atoms with Crippen molar-refractivity contribution in [2.24, 2.45) is 0 Å². The van der Waals surface area contributed by atoms with Gasteiger partial charge in [0.2, 0.25) is 0 Å². The molecule has 1 aromatic heterocycles. The molecule has 0 aromatic carbocycles. The number of aromatic nitrogens is 2. The fraction of sp³-hybridized carbons (Fsp3) is 0.500. The molecule has 0 bridgehead atoms. The standard InChI is InChI=1S/C10H12N2O4/c1-6(10(14)15)12-9(13)4-7-5-16-3-2-8(7)11-12/h4,6H,2-3,5H2,1H3,(H,14,15)/t6-/m1/s1. The SMILES string of the molecule is C[C@H](C(=O)O)n1nc2c(cc1=O)COCC2. The van der Waals surface area contributed by atoms with Gasteiger partial charge in [-0.15, -0.1) is 0 Å². The van der Waals surface area contributed by atoms with E-state index in [1.54, 1.807) is 0 Å². The first-order valence-electron chi connectivity index (χ1n) is 5.02. The van der Waals surface area contributed by atoms with Crippen LogP contribution in [0.15, 0.2) is 10.9 Å². The summed E-state index contributed by atoms with van der Waals surface area (Å²) in [5.74, 6) is -1.07. The Morgan fingerprint density at radius 2 is 2.44 bits per heavy atom. The second-order valence-corrected chi connectivity index (χ2v) is 3.72. The summed E-state index contributed by atoms with van der Waals surface area (Å²) in [6, 6.07) is 0.460. The smallest absolute Gasteiger partial charge is 0.328 e. The van der Waals surface area contributed by atoms with Crippen molar-refractivity contribution in [1.82, 2.24) is 9.78 Å². The van der Waals surface area contributed by atoms with E-state index in [0.29, 0.717) is 19.6 Å². The second kappa shape index (κ2) is 4.05. The van der Waals surface area contributed by atoms with E-state index in [9.17, 15) is 9.59 Å². The molecule has 2 heterocycles. The first-order valence-corrected chi connectivity index (χ1v) is 5.02. The number of rotatable bonds is 2. The summed E-state index contributed by atoms with van der Waals surface area (Å²) in [7, 11) is 0. The van der Waals surface area contributed by atoms with E-state index in [2.05, 4.69) is 5.10 Å². The molecule has 6 heteroatoms. The molecule has 16 heavy (non-hydrogen) atoms. The zero-order valence-electron chi connectivity index (χ0n) is 8.84. The van der Waals surface area contributed by atoms with Gasteiger partial charge in [-0.25, -0.2) is 9.48 Å². The number of hydrogen-bond acceptors (Lipinski definition) is 4. The Hall–Kier alpha value is -1.69. The van der Waals surface area contributed by atoms with Gasteiger partial charge in [0.05, 0.1) is 18.9 Å². The Bertz CT molecular complexity index is 480. The van der Waals surface area contributed by atoms with Crippen LogP contribution in [-0.4, -0.2) is 27.5 Å². The number of nitrogens with zero attached hydrogens (tertiary/aromatic N) is 2. The number of carboxylic acid groups (broad SMARTS) is 1. The minimum atomic E-state index is -1.07. The van der Waals surface area contributed by atoms with E-state index in [4.69, 9.17) is 9.84 Å². The average Bonchev–Trinajstić information content (AvgIpc) is 2.27. The van der Waals surface area contributed by atoms with Gasteiger partial charge in [-0.3, -0.25) is 4.79 Å². The van der Waals surface area contributed by atoms with E-state index >= 15 is 0 Å². The summed E-state index contributed by atoms with van der Waals surface area (Å²) in [6.45, 7) is 2.36. The monoisotopic (exact) mass is 224 g/mol. The number of ether oxygens (including phenoxy) is 1. The summed E-state index contributed by atoms with van der Waals surface area (Å²) >= 11 is 0. The lowest BCUT2D eigenvalue weighted by atomic mass is 10.1. The van der Waals surface area contributed by atoms with Crippen molar-refractivity contribution in [3.63, 3.8) is 0 Å². The Kier molecular flexibility index (Phi) is 2.74. The highest BCUT2D eigenvalue weighted by atomic mass is 16.5. The number of carbonyl (C=O) groups is 1. The van der Waals surface area contributed by atoms with Crippen LogP contribution in [0.5, 0.6) is 0 Å². The van der Waals surface area contributed by atoms with Gasteiger partial charge in [0, 0.05) is 18.1 Å². The lowest BCUT2D eigenvalue weighted by Gasteiger charge is -2.17. The van der Waals surface area contributed by atoms with Gasteiger partial charge in [-0.2, -0.15) is 5.10 Å². The number of aliphatic carboxylic acids is 1. The maximum Gasteiger partial charge on any atom is 0.328 e. The summed E-state index contributed by atoms with van der Waals surface area (Å²) in [5.41, 5.74) is 1.10. The van der Waals surface area contributed by atoms with E-state index in [1.807, 2.05) is 0 Å². The van der Waals surface area contributed by atoms with Crippen LogP contribution in [-0.2, 0) is 22.6 Å². The van der Waals surface area contributed by atoms with E-state index in [1.165, 1.54) is 13.0 Å². The molecule has 1 aromatic rings. The van der Waals surface area contributed by atoms with Gasteiger partial charge in [0.25, 0.3) is 5.56 Å². The lowest BCUT2D eigenvalue weighted by Crippen LogP contribution is -2.32. The molecule has 0 amide bonds. The maximum absolute atomic E-state index is 11.6. The van der Waals surface area contributed by atoms with Crippen molar-refractivity contribution in [3.05, 3.63) is 27.7 Å². The molecule has 0 aliphatic carbocycles. The minimum Gasteiger partial charge on any atom is -0.480 e. The minimum absolute atomic E-state index is 0.375. The van der Waals surface area contributed by atoms with Crippen molar-refractivity contribution >= 4 is 5.97 Å². The normalized spacial score (nSPS) is 16.6. The first-order chi connectivity index (χ1) is 7.59. The molecule has 1 aliphatic rings. The van der Waals surface area contributed by atoms with Crippen molar-refractivity contribution in [3.8, 4) is 0 Å². The van der Waals surface area contributed by atoms with Crippen LogP contribution in [0, 0.1) is 0 Å². The molecule has 2 rings (SSSR count). The van der Waals surface area contributed by atoms with E-state index in [0.717, 1.165) is 15.9 Å². The zero-order chi connectivity index (χ0) is 11.7. The van der Waals surface area contributed by atoms with Gasteiger partial charge in [-0.05, 0) is 6.92 Å². The highest BCUT2D eigenvalue weighted by molar-refractivity contribution is 5.71. The Morgan fingerprint density at radius 1 is 1.69 bits per heavy atom. The van der Waals surface area contributed by atoms with Crippen molar-refractivity contribution < 1.29 is 14.6 Å². The third-order valence-electron chi connectivity index (χ3n) is 2.59. The fourth-order valence-electron chi connectivity index (χ4n) is 1.61. The van der Waals surface area contributed by atoms with Gasteiger partial charge in [0.15, 0.2) is 6.04 Å². The molecule has 6 nitrogen and oxygen atoms in total. The predicted octanol–water partition coefficient (Wildman–Crippen LogP) is -0.0384. The molecule has 1 aliphatic heterocycles.